The summed E-state index contributed by atoms with van der Waals surface area (Å²) in [7, 11) is 1.58. The predicted octanol–water partition coefficient (Wildman–Crippen LogP) is 2.11. The van der Waals surface area contributed by atoms with Crippen LogP contribution in [0.5, 0.6) is 0 Å². The average molecular weight is 348 g/mol. The number of amides is 1. The van der Waals surface area contributed by atoms with Crippen molar-refractivity contribution >= 4 is 38.8 Å². The number of hydrogen-bond acceptors (Lipinski definition) is 6. The van der Waals surface area contributed by atoms with Gasteiger partial charge in [-0.05, 0) is 18.4 Å². The van der Waals surface area contributed by atoms with E-state index in [0.29, 0.717) is 16.0 Å². The molecule has 0 aromatic carbocycles. The first kappa shape index (κ1) is 15.9. The van der Waals surface area contributed by atoms with Gasteiger partial charge < -0.3 is 10.3 Å². The normalized spacial score (nSPS) is 12.4. The summed E-state index contributed by atoms with van der Waals surface area (Å²) in [5.41, 5.74) is 0.773. The fourth-order valence-corrected chi connectivity index (χ4v) is 3.98. The van der Waals surface area contributed by atoms with Crippen LogP contribution in [0.15, 0.2) is 27.7 Å². The highest BCUT2D eigenvalue weighted by atomic mass is 32.1. The summed E-state index contributed by atoms with van der Waals surface area (Å²) in [5.74, 6) is 0.419. The minimum Gasteiger partial charge on any atom is -0.358 e. The Morgan fingerprint density at radius 2 is 2.26 bits per heavy atom. The van der Waals surface area contributed by atoms with Crippen LogP contribution in [-0.2, 0) is 4.79 Å². The molecule has 3 N–H and O–H groups in total. The number of fused-ring (bicyclic) bond motifs is 1. The van der Waals surface area contributed by atoms with E-state index in [1.807, 2.05) is 29.8 Å². The summed E-state index contributed by atoms with van der Waals surface area (Å²) in [6, 6.07) is 3.73. The fourth-order valence-electron chi connectivity index (χ4n) is 2.21. The van der Waals surface area contributed by atoms with Crippen LogP contribution in [0.3, 0.4) is 0 Å². The summed E-state index contributed by atoms with van der Waals surface area (Å²) in [4.78, 5) is 32.9. The van der Waals surface area contributed by atoms with Gasteiger partial charge in [-0.2, -0.15) is 0 Å². The molecule has 3 heterocycles. The molecule has 0 aliphatic heterocycles. The van der Waals surface area contributed by atoms with Gasteiger partial charge in [0.15, 0.2) is 0 Å². The molecule has 0 fully saturated rings. The van der Waals surface area contributed by atoms with E-state index in [2.05, 4.69) is 20.6 Å². The smallest absolute Gasteiger partial charge is 0.260 e. The third kappa shape index (κ3) is 3.19. The molecule has 0 bridgehead atoms. The number of H-pyrrole nitrogens is 1. The highest BCUT2D eigenvalue weighted by Gasteiger charge is 2.16. The van der Waals surface area contributed by atoms with Gasteiger partial charge in [-0.1, -0.05) is 6.07 Å². The van der Waals surface area contributed by atoms with E-state index in [4.69, 9.17) is 0 Å². The van der Waals surface area contributed by atoms with Crippen molar-refractivity contribution in [2.45, 2.75) is 13.0 Å². The van der Waals surface area contributed by atoms with Crippen LogP contribution >= 0.6 is 22.7 Å². The summed E-state index contributed by atoms with van der Waals surface area (Å²) in [6.07, 6.45) is 0. The largest absolute Gasteiger partial charge is 0.358 e. The van der Waals surface area contributed by atoms with Crippen LogP contribution in [0.4, 0.5) is 0 Å². The second-order valence-electron chi connectivity index (χ2n) is 5.03. The molecule has 1 amide bonds. The quantitative estimate of drug-likeness (QED) is 0.659. The Morgan fingerprint density at radius 1 is 1.43 bits per heavy atom. The van der Waals surface area contributed by atoms with E-state index in [9.17, 15) is 9.59 Å². The van der Waals surface area contributed by atoms with Crippen LogP contribution in [0.1, 0.15) is 18.8 Å². The number of aromatic amines is 1. The molecule has 0 spiro atoms. The number of carbonyl (C=O) groups is 1. The summed E-state index contributed by atoms with van der Waals surface area (Å²) >= 11 is 3.05. The maximum atomic E-state index is 12.5. The van der Waals surface area contributed by atoms with E-state index in [0.717, 1.165) is 10.4 Å². The van der Waals surface area contributed by atoms with Gasteiger partial charge in [0.2, 0.25) is 5.91 Å². The van der Waals surface area contributed by atoms with Crippen LogP contribution < -0.4 is 16.2 Å². The molecule has 1 atom stereocenters. The highest BCUT2D eigenvalue weighted by Crippen LogP contribution is 2.33. The van der Waals surface area contributed by atoms with Crippen molar-refractivity contribution in [1.82, 2.24) is 20.6 Å². The average Bonchev–Trinajstić information content (AvgIpc) is 3.20. The molecule has 3 aromatic heterocycles. The molecule has 8 heteroatoms. The Labute approximate surface area is 140 Å². The number of carbonyl (C=O) groups excluding carboxylic acids is 1. The first-order valence-electron chi connectivity index (χ1n) is 7.09. The molecule has 0 saturated heterocycles. The minimum absolute atomic E-state index is 0.114. The lowest BCUT2D eigenvalue weighted by atomic mass is 10.2. The van der Waals surface area contributed by atoms with E-state index in [1.165, 1.54) is 11.3 Å². The second kappa shape index (κ2) is 6.61. The van der Waals surface area contributed by atoms with Crippen LogP contribution in [0.25, 0.3) is 20.7 Å². The number of aromatic nitrogens is 2. The fraction of sp³-hybridized carbons (Fsp3) is 0.267. The third-order valence-electron chi connectivity index (χ3n) is 3.51. The number of likely N-dealkylation sites (N-methyl/N-ethyl adjacent to an activating group) is 1. The molecule has 120 valence electrons. The monoisotopic (exact) mass is 348 g/mol. The molecule has 0 aliphatic rings. The van der Waals surface area contributed by atoms with Crippen LogP contribution in [0, 0.1) is 0 Å². The van der Waals surface area contributed by atoms with Crippen molar-refractivity contribution in [3.8, 4) is 10.4 Å². The predicted molar refractivity (Wildman–Crippen MR) is 94.0 cm³/mol. The molecular weight excluding hydrogens is 332 g/mol. The van der Waals surface area contributed by atoms with Crippen molar-refractivity contribution in [3.05, 3.63) is 39.1 Å². The van der Waals surface area contributed by atoms with Gasteiger partial charge >= 0.3 is 0 Å². The SMILES string of the molecule is CNC(=O)CN[C@H](C)c1nc2scc(-c3cccs3)c2c(=O)[nH]1. The van der Waals surface area contributed by atoms with Gasteiger partial charge in [-0.3, -0.25) is 14.9 Å². The molecule has 3 rings (SSSR count). The maximum Gasteiger partial charge on any atom is 0.260 e. The molecule has 6 nitrogen and oxygen atoms in total. The number of nitrogens with one attached hydrogen (secondary N) is 3. The lowest BCUT2D eigenvalue weighted by Crippen LogP contribution is -2.34. The zero-order valence-electron chi connectivity index (χ0n) is 12.7. The maximum absolute atomic E-state index is 12.5. The van der Waals surface area contributed by atoms with Gasteiger partial charge in [-0.25, -0.2) is 4.98 Å². The number of rotatable bonds is 5. The minimum atomic E-state index is -0.225. The molecule has 23 heavy (non-hydrogen) atoms. The zero-order valence-corrected chi connectivity index (χ0v) is 14.3. The topological polar surface area (TPSA) is 86.9 Å². The Kier molecular flexibility index (Phi) is 4.56. The zero-order chi connectivity index (χ0) is 16.4. The molecule has 0 saturated carbocycles. The van der Waals surface area contributed by atoms with Crippen molar-refractivity contribution in [1.29, 1.82) is 0 Å². The van der Waals surface area contributed by atoms with Crippen molar-refractivity contribution in [2.75, 3.05) is 13.6 Å². The molecule has 0 unspecified atom stereocenters. The van der Waals surface area contributed by atoms with Gasteiger partial charge in [0, 0.05) is 22.9 Å². The van der Waals surface area contributed by atoms with Crippen molar-refractivity contribution in [2.24, 2.45) is 0 Å². The van der Waals surface area contributed by atoms with Crippen LogP contribution in [0.2, 0.25) is 0 Å². The molecule has 3 aromatic rings. The Hall–Kier alpha value is -2.03. The van der Waals surface area contributed by atoms with Crippen molar-refractivity contribution in [3.63, 3.8) is 0 Å². The van der Waals surface area contributed by atoms with Gasteiger partial charge in [0.05, 0.1) is 18.0 Å². The third-order valence-corrected chi connectivity index (χ3v) is 5.28. The van der Waals surface area contributed by atoms with Crippen molar-refractivity contribution < 1.29 is 4.79 Å². The van der Waals surface area contributed by atoms with Gasteiger partial charge in [0.1, 0.15) is 10.7 Å². The Bertz CT molecular complexity index is 883. The molecular formula is C15H16N4O2S2. The Morgan fingerprint density at radius 3 is 2.96 bits per heavy atom. The lowest BCUT2D eigenvalue weighted by Gasteiger charge is -2.12. The van der Waals surface area contributed by atoms with Gasteiger partial charge in [0.25, 0.3) is 5.56 Å². The second-order valence-corrected chi connectivity index (χ2v) is 6.84. The molecule has 0 radical (unpaired) electrons. The summed E-state index contributed by atoms with van der Waals surface area (Å²) in [6.45, 7) is 2.03. The standard InChI is InChI=1S/C15H16N4O2S2/c1-8(17-6-11(20)16-2)13-18-14(21)12-9(7-23-15(12)19-13)10-4-3-5-22-10/h3-5,7-8,17H,6H2,1-2H3,(H,16,20)(H,18,19,21)/t8-/m1/s1. The summed E-state index contributed by atoms with van der Waals surface area (Å²) in [5, 5.41) is 10.2. The van der Waals surface area contributed by atoms with E-state index < -0.39 is 0 Å². The molecule has 0 aliphatic carbocycles. The lowest BCUT2D eigenvalue weighted by molar-refractivity contribution is -0.119. The first-order chi connectivity index (χ1) is 11.1. The number of hydrogen-bond donors (Lipinski definition) is 3. The number of nitrogens with zero attached hydrogens (tertiary/aromatic N) is 1. The van der Waals surface area contributed by atoms with E-state index in [1.54, 1.807) is 18.4 Å². The first-order valence-corrected chi connectivity index (χ1v) is 8.85. The van der Waals surface area contributed by atoms with E-state index in [-0.39, 0.29) is 24.1 Å². The summed E-state index contributed by atoms with van der Waals surface area (Å²) < 4.78 is 0. The van der Waals surface area contributed by atoms with Gasteiger partial charge in [-0.15, -0.1) is 22.7 Å². The highest BCUT2D eigenvalue weighted by molar-refractivity contribution is 7.18. The number of thiophene rings is 2. The van der Waals surface area contributed by atoms with Crippen LogP contribution in [-0.4, -0.2) is 29.5 Å². The Balaban J connectivity index is 1.94. The van der Waals surface area contributed by atoms with E-state index >= 15 is 0 Å².